The van der Waals surface area contributed by atoms with Gasteiger partial charge in [-0.25, -0.2) is 0 Å². The molecule has 0 spiro atoms. The van der Waals surface area contributed by atoms with Crippen LogP contribution >= 0.6 is 11.8 Å². The second-order valence-corrected chi connectivity index (χ2v) is 7.73. The van der Waals surface area contributed by atoms with Crippen LogP contribution in [0.25, 0.3) is 0 Å². The highest BCUT2D eigenvalue weighted by molar-refractivity contribution is 7.99. The molecule has 0 radical (unpaired) electrons. The molecule has 0 saturated heterocycles. The molecule has 5 heteroatoms. The third-order valence-corrected chi connectivity index (χ3v) is 5.84. The minimum atomic E-state index is -0.151. The predicted molar refractivity (Wildman–Crippen MR) is 113 cm³/mol. The van der Waals surface area contributed by atoms with Crippen molar-refractivity contribution >= 4 is 35.0 Å². The lowest BCUT2D eigenvalue weighted by Crippen LogP contribution is -2.30. The molecular formula is C23H20N2O2S. The smallest absolute Gasteiger partial charge is 0.259 e. The van der Waals surface area contributed by atoms with Crippen molar-refractivity contribution in [2.24, 2.45) is 0 Å². The fourth-order valence-corrected chi connectivity index (χ4v) is 4.34. The molecule has 2 amide bonds. The Morgan fingerprint density at radius 1 is 1.00 bits per heavy atom. The first kappa shape index (κ1) is 18.3. The normalized spacial score (nSPS) is 12.8. The first-order valence-electron chi connectivity index (χ1n) is 9.17. The maximum atomic E-state index is 12.9. The standard InChI is InChI=1S/C23H20N2O2S/c1-3-25-19-13-12-17(24-22(26)16-10-8-15(2)9-11-16)14-21(19)28-20-7-5-4-6-18(20)23(25)27/h4-14H,3H2,1-2H3,(H,24,26). The van der Waals surface area contributed by atoms with Crippen LogP contribution in [-0.2, 0) is 0 Å². The van der Waals surface area contributed by atoms with Crippen LogP contribution in [0.2, 0.25) is 0 Å². The highest BCUT2D eigenvalue weighted by Gasteiger charge is 2.26. The van der Waals surface area contributed by atoms with Crippen molar-refractivity contribution in [2.75, 3.05) is 16.8 Å². The number of hydrogen-bond donors (Lipinski definition) is 1. The summed E-state index contributed by atoms with van der Waals surface area (Å²) in [5.74, 6) is -0.150. The van der Waals surface area contributed by atoms with Crippen LogP contribution < -0.4 is 10.2 Å². The molecule has 3 aromatic carbocycles. The molecular weight excluding hydrogens is 368 g/mol. The topological polar surface area (TPSA) is 49.4 Å². The fraction of sp³-hybridized carbons (Fsp3) is 0.130. The summed E-state index contributed by atoms with van der Waals surface area (Å²) in [7, 11) is 0. The number of nitrogens with one attached hydrogen (secondary N) is 1. The SMILES string of the molecule is CCN1C(=O)c2ccccc2Sc2cc(NC(=O)c3ccc(C)cc3)ccc21. The molecule has 1 aliphatic heterocycles. The molecule has 28 heavy (non-hydrogen) atoms. The summed E-state index contributed by atoms with van der Waals surface area (Å²) < 4.78 is 0. The van der Waals surface area contributed by atoms with Gasteiger partial charge in [0.05, 0.1) is 11.3 Å². The Labute approximate surface area is 168 Å². The molecule has 0 atom stereocenters. The molecule has 1 aliphatic rings. The number of amides is 2. The second-order valence-electron chi connectivity index (χ2n) is 6.65. The van der Waals surface area contributed by atoms with E-state index in [1.165, 1.54) is 0 Å². The average Bonchev–Trinajstić information content (AvgIpc) is 2.82. The summed E-state index contributed by atoms with van der Waals surface area (Å²) in [5.41, 5.74) is 4.00. The van der Waals surface area contributed by atoms with Gasteiger partial charge in [-0.05, 0) is 56.3 Å². The number of fused-ring (bicyclic) bond motifs is 2. The van der Waals surface area contributed by atoms with Crippen molar-refractivity contribution in [2.45, 2.75) is 23.6 Å². The minimum Gasteiger partial charge on any atom is -0.322 e. The van der Waals surface area contributed by atoms with Gasteiger partial charge in [0.15, 0.2) is 0 Å². The van der Waals surface area contributed by atoms with Crippen molar-refractivity contribution in [1.82, 2.24) is 0 Å². The van der Waals surface area contributed by atoms with E-state index in [4.69, 9.17) is 0 Å². The van der Waals surface area contributed by atoms with Gasteiger partial charge < -0.3 is 10.2 Å². The van der Waals surface area contributed by atoms with Gasteiger partial charge in [-0.2, -0.15) is 0 Å². The molecule has 0 unspecified atom stereocenters. The highest BCUT2D eigenvalue weighted by Crippen LogP contribution is 2.42. The Morgan fingerprint density at radius 3 is 2.50 bits per heavy atom. The van der Waals surface area contributed by atoms with Crippen molar-refractivity contribution < 1.29 is 9.59 Å². The lowest BCUT2D eigenvalue weighted by molar-refractivity contribution is 0.0983. The van der Waals surface area contributed by atoms with E-state index in [2.05, 4.69) is 5.32 Å². The number of hydrogen-bond acceptors (Lipinski definition) is 3. The molecule has 4 rings (SSSR count). The monoisotopic (exact) mass is 388 g/mol. The summed E-state index contributed by atoms with van der Waals surface area (Å²) >= 11 is 1.55. The van der Waals surface area contributed by atoms with Gasteiger partial charge >= 0.3 is 0 Å². The van der Waals surface area contributed by atoms with Gasteiger partial charge in [0.2, 0.25) is 0 Å². The van der Waals surface area contributed by atoms with E-state index in [0.29, 0.717) is 23.4 Å². The second kappa shape index (κ2) is 7.52. The van der Waals surface area contributed by atoms with Crippen LogP contribution in [0, 0.1) is 6.92 Å². The van der Waals surface area contributed by atoms with Gasteiger partial charge in [0, 0.05) is 27.6 Å². The number of nitrogens with zero attached hydrogens (tertiary/aromatic N) is 1. The van der Waals surface area contributed by atoms with E-state index in [-0.39, 0.29) is 11.8 Å². The fourth-order valence-electron chi connectivity index (χ4n) is 3.22. The maximum absolute atomic E-state index is 12.9. The number of aryl methyl sites for hydroxylation is 1. The molecule has 1 N–H and O–H groups in total. The molecule has 0 aromatic heterocycles. The average molecular weight is 388 g/mol. The maximum Gasteiger partial charge on any atom is 0.259 e. The van der Waals surface area contributed by atoms with Crippen LogP contribution in [0.4, 0.5) is 11.4 Å². The number of carbonyl (C=O) groups is 2. The lowest BCUT2D eigenvalue weighted by Gasteiger charge is -2.21. The van der Waals surface area contributed by atoms with E-state index < -0.39 is 0 Å². The molecule has 3 aromatic rings. The molecule has 0 fully saturated rings. The zero-order valence-electron chi connectivity index (χ0n) is 15.7. The van der Waals surface area contributed by atoms with Crippen molar-refractivity contribution in [3.63, 3.8) is 0 Å². The van der Waals surface area contributed by atoms with Gasteiger partial charge in [-0.15, -0.1) is 0 Å². The molecule has 0 aliphatic carbocycles. The Hall–Kier alpha value is -3.05. The summed E-state index contributed by atoms with van der Waals surface area (Å²) in [6.45, 7) is 4.53. The Kier molecular flexibility index (Phi) is 4.92. The molecule has 0 bridgehead atoms. The Balaban J connectivity index is 1.68. The largest absolute Gasteiger partial charge is 0.322 e. The Morgan fingerprint density at radius 2 is 1.75 bits per heavy atom. The van der Waals surface area contributed by atoms with Crippen molar-refractivity contribution in [1.29, 1.82) is 0 Å². The van der Waals surface area contributed by atoms with Crippen LogP contribution in [0.15, 0.2) is 76.5 Å². The van der Waals surface area contributed by atoms with Gasteiger partial charge in [0.1, 0.15) is 0 Å². The number of benzene rings is 3. The van der Waals surface area contributed by atoms with Crippen LogP contribution in [0.3, 0.4) is 0 Å². The molecule has 4 nitrogen and oxygen atoms in total. The third-order valence-electron chi connectivity index (χ3n) is 4.72. The van der Waals surface area contributed by atoms with Crippen LogP contribution in [0.1, 0.15) is 33.2 Å². The molecule has 0 saturated carbocycles. The summed E-state index contributed by atoms with van der Waals surface area (Å²) in [4.78, 5) is 29.1. The van der Waals surface area contributed by atoms with Crippen LogP contribution in [-0.4, -0.2) is 18.4 Å². The summed E-state index contributed by atoms with van der Waals surface area (Å²) in [6.07, 6.45) is 0. The van der Waals surface area contributed by atoms with E-state index in [1.54, 1.807) is 16.7 Å². The third kappa shape index (κ3) is 3.41. The minimum absolute atomic E-state index is 0.000732. The van der Waals surface area contributed by atoms with Crippen molar-refractivity contribution in [3.8, 4) is 0 Å². The number of carbonyl (C=O) groups excluding carboxylic acids is 2. The number of anilines is 2. The zero-order chi connectivity index (χ0) is 19.7. The van der Waals surface area contributed by atoms with Crippen molar-refractivity contribution in [3.05, 3.63) is 83.4 Å². The molecule has 140 valence electrons. The first-order chi connectivity index (χ1) is 13.6. The zero-order valence-corrected chi connectivity index (χ0v) is 16.5. The quantitative estimate of drug-likeness (QED) is 0.655. The number of rotatable bonds is 3. The van der Waals surface area contributed by atoms with E-state index >= 15 is 0 Å². The Bertz CT molecular complexity index is 1060. The van der Waals surface area contributed by atoms with E-state index in [1.807, 2.05) is 80.6 Å². The lowest BCUT2D eigenvalue weighted by atomic mass is 10.1. The summed E-state index contributed by atoms with van der Waals surface area (Å²) in [6, 6.07) is 20.8. The van der Waals surface area contributed by atoms with Gasteiger partial charge in [-0.3, -0.25) is 9.59 Å². The van der Waals surface area contributed by atoms with Gasteiger partial charge in [-0.1, -0.05) is 41.6 Å². The van der Waals surface area contributed by atoms with E-state index in [9.17, 15) is 9.59 Å². The first-order valence-corrected chi connectivity index (χ1v) is 9.99. The summed E-state index contributed by atoms with van der Waals surface area (Å²) in [5, 5.41) is 2.96. The highest BCUT2D eigenvalue weighted by atomic mass is 32.2. The van der Waals surface area contributed by atoms with Gasteiger partial charge in [0.25, 0.3) is 11.8 Å². The molecule has 1 heterocycles. The van der Waals surface area contributed by atoms with E-state index in [0.717, 1.165) is 21.0 Å². The van der Waals surface area contributed by atoms with Crippen LogP contribution in [0.5, 0.6) is 0 Å². The predicted octanol–water partition coefficient (Wildman–Crippen LogP) is 5.38.